The van der Waals surface area contributed by atoms with E-state index in [-0.39, 0.29) is 12.7 Å². The molecule has 4 rings (SSSR count). The molecule has 0 amide bonds. The Morgan fingerprint density at radius 3 is 2.83 bits per heavy atom. The Bertz CT molecular complexity index is 853. The van der Waals surface area contributed by atoms with Crippen LogP contribution in [0.1, 0.15) is 12.8 Å². The Labute approximate surface area is 140 Å². The molecule has 0 aromatic carbocycles. The summed E-state index contributed by atoms with van der Waals surface area (Å²) in [5.41, 5.74) is 2.15. The Morgan fingerprint density at radius 1 is 1.21 bits per heavy atom. The van der Waals surface area contributed by atoms with Crippen molar-refractivity contribution in [2.45, 2.75) is 18.9 Å². The lowest BCUT2D eigenvalue weighted by Crippen LogP contribution is -2.37. The maximum absolute atomic E-state index is 8.86. The summed E-state index contributed by atoms with van der Waals surface area (Å²) in [5.74, 6) is 1.02. The van der Waals surface area contributed by atoms with Gasteiger partial charge in [-0.3, -0.25) is 4.98 Å². The lowest BCUT2D eigenvalue weighted by molar-refractivity contribution is 0.0158. The monoisotopic (exact) mass is 326 g/mol. The first-order chi connectivity index (χ1) is 11.8. The number of hydrogen-bond acceptors (Lipinski definition) is 5. The highest BCUT2D eigenvalue weighted by Gasteiger charge is 2.21. The Balaban J connectivity index is 1.60. The number of rotatable bonds is 4. The smallest absolute Gasteiger partial charge is 0.143 e. The van der Waals surface area contributed by atoms with Crippen LogP contribution < -0.4 is 4.90 Å². The molecule has 1 aliphatic rings. The van der Waals surface area contributed by atoms with Gasteiger partial charge in [-0.1, -0.05) is 0 Å². The van der Waals surface area contributed by atoms with Gasteiger partial charge in [0.25, 0.3) is 0 Å². The van der Waals surface area contributed by atoms with Crippen LogP contribution in [0.4, 0.5) is 5.82 Å². The fourth-order valence-electron chi connectivity index (χ4n) is 3.55. The quantitative estimate of drug-likeness (QED) is 0.795. The predicted molar refractivity (Wildman–Crippen MR) is 94.3 cm³/mol. The van der Waals surface area contributed by atoms with Crippen molar-refractivity contribution in [1.29, 1.82) is 0 Å². The lowest BCUT2D eigenvalue weighted by Gasteiger charge is -2.32. The van der Waals surface area contributed by atoms with Crippen molar-refractivity contribution in [3.05, 3.63) is 30.6 Å². The number of piperidine rings is 1. The van der Waals surface area contributed by atoms with Gasteiger partial charge in [-0.2, -0.15) is 0 Å². The molecule has 0 spiro atoms. The van der Waals surface area contributed by atoms with Crippen molar-refractivity contribution < 1.29 is 9.84 Å². The van der Waals surface area contributed by atoms with E-state index in [1.165, 1.54) is 0 Å². The summed E-state index contributed by atoms with van der Waals surface area (Å²) in [4.78, 5) is 11.5. The Hall–Kier alpha value is -2.18. The van der Waals surface area contributed by atoms with Crippen LogP contribution in [0.5, 0.6) is 0 Å². The molecule has 0 radical (unpaired) electrons. The summed E-state index contributed by atoms with van der Waals surface area (Å²) in [7, 11) is 2.05. The molecule has 4 heterocycles. The minimum atomic E-state index is 0.0916. The maximum atomic E-state index is 8.86. The summed E-state index contributed by atoms with van der Waals surface area (Å²) in [6, 6.07) is 6.28. The lowest BCUT2D eigenvalue weighted by atomic mass is 10.1. The molecular formula is C18H22N4O2. The van der Waals surface area contributed by atoms with Gasteiger partial charge in [0.15, 0.2) is 0 Å². The molecule has 0 atom stereocenters. The van der Waals surface area contributed by atoms with Crippen molar-refractivity contribution in [3.63, 3.8) is 0 Å². The number of ether oxygens (including phenoxy) is 1. The molecular weight excluding hydrogens is 304 g/mol. The minimum Gasteiger partial charge on any atom is -0.394 e. The largest absolute Gasteiger partial charge is 0.394 e. The van der Waals surface area contributed by atoms with Crippen LogP contribution >= 0.6 is 0 Å². The van der Waals surface area contributed by atoms with E-state index in [0.717, 1.165) is 53.7 Å². The van der Waals surface area contributed by atoms with Crippen molar-refractivity contribution in [2.24, 2.45) is 7.05 Å². The second-order valence-corrected chi connectivity index (χ2v) is 6.27. The van der Waals surface area contributed by atoms with Gasteiger partial charge in [0.1, 0.15) is 11.5 Å². The van der Waals surface area contributed by atoms with Crippen LogP contribution in [0, 0.1) is 0 Å². The molecule has 0 bridgehead atoms. The molecule has 126 valence electrons. The van der Waals surface area contributed by atoms with E-state index in [9.17, 15) is 0 Å². The van der Waals surface area contributed by atoms with E-state index >= 15 is 0 Å². The van der Waals surface area contributed by atoms with Crippen molar-refractivity contribution in [2.75, 3.05) is 31.2 Å². The van der Waals surface area contributed by atoms with Crippen LogP contribution in [-0.2, 0) is 11.8 Å². The van der Waals surface area contributed by atoms with E-state index in [4.69, 9.17) is 14.8 Å². The fourth-order valence-corrected chi connectivity index (χ4v) is 3.55. The zero-order valence-corrected chi connectivity index (χ0v) is 13.9. The van der Waals surface area contributed by atoms with Gasteiger partial charge in [0, 0.05) is 43.3 Å². The second kappa shape index (κ2) is 6.37. The van der Waals surface area contributed by atoms with Crippen molar-refractivity contribution >= 4 is 27.8 Å². The third kappa shape index (κ3) is 2.61. The summed E-state index contributed by atoms with van der Waals surface area (Å²) in [6.07, 6.45) is 5.92. The third-order valence-corrected chi connectivity index (χ3v) is 4.84. The number of anilines is 1. The SMILES string of the molecule is Cn1c2ccncc2c2ccc(N3CCC(OCCO)CC3)nc21. The van der Waals surface area contributed by atoms with Crippen molar-refractivity contribution in [3.8, 4) is 0 Å². The fraction of sp³-hybridized carbons (Fsp3) is 0.444. The summed E-state index contributed by atoms with van der Waals surface area (Å²) >= 11 is 0. The predicted octanol–water partition coefficient (Wildman–Crippen LogP) is 2.10. The van der Waals surface area contributed by atoms with E-state index < -0.39 is 0 Å². The van der Waals surface area contributed by atoms with Gasteiger partial charge in [0.2, 0.25) is 0 Å². The minimum absolute atomic E-state index is 0.0916. The number of aliphatic hydroxyl groups excluding tert-OH is 1. The molecule has 24 heavy (non-hydrogen) atoms. The zero-order chi connectivity index (χ0) is 16.5. The van der Waals surface area contributed by atoms with E-state index in [1.54, 1.807) is 0 Å². The van der Waals surface area contributed by atoms with Gasteiger partial charge in [-0.15, -0.1) is 0 Å². The molecule has 0 unspecified atom stereocenters. The molecule has 0 aliphatic carbocycles. The maximum Gasteiger partial charge on any atom is 0.143 e. The molecule has 1 aliphatic heterocycles. The van der Waals surface area contributed by atoms with E-state index in [1.807, 2.05) is 18.5 Å². The molecule has 6 nitrogen and oxygen atoms in total. The van der Waals surface area contributed by atoms with Gasteiger partial charge in [-0.25, -0.2) is 4.98 Å². The molecule has 1 fully saturated rings. The van der Waals surface area contributed by atoms with E-state index in [2.05, 4.69) is 33.6 Å². The highest BCUT2D eigenvalue weighted by atomic mass is 16.5. The second-order valence-electron chi connectivity index (χ2n) is 6.27. The molecule has 6 heteroatoms. The molecule has 1 saturated heterocycles. The molecule has 3 aromatic rings. The molecule has 0 saturated carbocycles. The highest BCUT2D eigenvalue weighted by Crippen LogP contribution is 2.29. The molecule has 1 N–H and O–H groups in total. The van der Waals surface area contributed by atoms with Crippen LogP contribution in [0.25, 0.3) is 21.9 Å². The van der Waals surface area contributed by atoms with Gasteiger partial charge in [-0.05, 0) is 31.0 Å². The summed E-state index contributed by atoms with van der Waals surface area (Å²) < 4.78 is 7.77. The normalized spacial score (nSPS) is 16.3. The zero-order valence-electron chi connectivity index (χ0n) is 13.9. The summed E-state index contributed by atoms with van der Waals surface area (Å²) in [6.45, 7) is 2.38. The van der Waals surface area contributed by atoms with Gasteiger partial charge >= 0.3 is 0 Å². The first-order valence-electron chi connectivity index (χ1n) is 8.44. The number of aliphatic hydroxyl groups is 1. The Morgan fingerprint density at radius 2 is 2.04 bits per heavy atom. The standard InChI is InChI=1S/C18H22N4O2/c1-21-16-4-7-19-12-15(16)14-2-3-17(20-18(14)21)22-8-5-13(6-9-22)24-11-10-23/h2-4,7,12-13,23H,5-6,8-11H2,1H3. The first-order valence-corrected chi connectivity index (χ1v) is 8.44. The first kappa shape index (κ1) is 15.4. The highest BCUT2D eigenvalue weighted by molar-refractivity contribution is 6.06. The average Bonchev–Trinajstić information content (AvgIpc) is 2.93. The number of aryl methyl sites for hydroxylation is 1. The van der Waals surface area contributed by atoms with Crippen LogP contribution in [-0.4, -0.2) is 52.0 Å². The number of aromatic nitrogens is 3. The van der Waals surface area contributed by atoms with Gasteiger partial charge < -0.3 is 19.3 Å². The topological polar surface area (TPSA) is 63.4 Å². The van der Waals surface area contributed by atoms with Crippen molar-refractivity contribution in [1.82, 2.24) is 14.5 Å². The third-order valence-electron chi connectivity index (χ3n) is 4.84. The number of fused-ring (bicyclic) bond motifs is 3. The Kier molecular flexibility index (Phi) is 4.08. The van der Waals surface area contributed by atoms with Crippen LogP contribution in [0.2, 0.25) is 0 Å². The number of nitrogens with zero attached hydrogens (tertiary/aromatic N) is 4. The summed E-state index contributed by atoms with van der Waals surface area (Å²) in [5, 5.41) is 11.1. The van der Waals surface area contributed by atoms with Crippen LogP contribution in [0.15, 0.2) is 30.6 Å². The van der Waals surface area contributed by atoms with E-state index in [0.29, 0.717) is 6.61 Å². The number of pyridine rings is 2. The number of hydrogen-bond donors (Lipinski definition) is 1. The molecule has 3 aromatic heterocycles. The van der Waals surface area contributed by atoms with Crippen LogP contribution in [0.3, 0.4) is 0 Å². The van der Waals surface area contributed by atoms with Gasteiger partial charge in [0.05, 0.1) is 24.8 Å². The average molecular weight is 326 g/mol.